The number of carbonyl (C=O) groups is 1. The Morgan fingerprint density at radius 3 is 2.86 bits per heavy atom. The summed E-state index contributed by atoms with van der Waals surface area (Å²) in [7, 11) is 0. The van der Waals surface area contributed by atoms with E-state index < -0.39 is 5.97 Å². The van der Waals surface area contributed by atoms with E-state index in [0.717, 1.165) is 6.42 Å². The van der Waals surface area contributed by atoms with Crippen LogP contribution in [0.25, 0.3) is 0 Å². The highest BCUT2D eigenvalue weighted by Crippen LogP contribution is 2.24. The van der Waals surface area contributed by atoms with E-state index in [4.69, 9.17) is 9.84 Å². The summed E-state index contributed by atoms with van der Waals surface area (Å²) >= 11 is 0. The van der Waals surface area contributed by atoms with Gasteiger partial charge in [-0.1, -0.05) is 13.0 Å². The van der Waals surface area contributed by atoms with Gasteiger partial charge in [-0.3, -0.25) is 4.79 Å². The average molecular weight is 288 g/mol. The van der Waals surface area contributed by atoms with E-state index in [-0.39, 0.29) is 17.0 Å². The second-order valence-electron chi connectivity index (χ2n) is 4.57. The number of aryl methyl sites for hydroxylation is 1. The third kappa shape index (κ3) is 3.10. The highest BCUT2D eigenvalue weighted by atomic mass is 16.5. The molecule has 0 amide bonds. The van der Waals surface area contributed by atoms with E-state index in [0.29, 0.717) is 17.9 Å². The number of carboxylic acid groups (broad SMARTS) is 1. The number of hydrogen-bond acceptors (Lipinski definition) is 4. The second-order valence-corrected chi connectivity index (χ2v) is 4.57. The lowest BCUT2D eigenvalue weighted by molar-refractivity contribution is 0.0695. The number of nitrogens with zero attached hydrogens (tertiary/aromatic N) is 2. The van der Waals surface area contributed by atoms with Crippen LogP contribution < -0.4 is 10.3 Å². The van der Waals surface area contributed by atoms with Crippen molar-refractivity contribution in [3.8, 4) is 11.6 Å². The van der Waals surface area contributed by atoms with E-state index >= 15 is 0 Å². The molecule has 1 N–H and O–H groups in total. The highest BCUT2D eigenvalue weighted by molar-refractivity contribution is 5.90. The fourth-order valence-electron chi connectivity index (χ4n) is 1.98. The molecule has 1 aromatic heterocycles. The van der Waals surface area contributed by atoms with Gasteiger partial charge in [0, 0.05) is 24.5 Å². The molecule has 0 radical (unpaired) electrons. The molecule has 1 heterocycles. The number of aromatic nitrogens is 2. The topological polar surface area (TPSA) is 81.4 Å². The third-order valence-electron chi connectivity index (χ3n) is 3.07. The van der Waals surface area contributed by atoms with Gasteiger partial charge >= 0.3 is 11.5 Å². The van der Waals surface area contributed by atoms with Gasteiger partial charge in [-0.2, -0.15) is 0 Å². The van der Waals surface area contributed by atoms with Gasteiger partial charge in [0.25, 0.3) is 5.88 Å². The standard InChI is InChI=1S/C15H16N2O4/c1-3-8-17-9-7-16-13(14(17)18)21-12-6-4-5-11(10(12)2)15(19)20/h4-7,9H,3,8H2,1-2H3,(H,19,20). The van der Waals surface area contributed by atoms with Crippen LogP contribution in [-0.4, -0.2) is 20.6 Å². The monoisotopic (exact) mass is 288 g/mol. The van der Waals surface area contributed by atoms with Crippen molar-refractivity contribution in [1.29, 1.82) is 0 Å². The van der Waals surface area contributed by atoms with Gasteiger partial charge in [0.15, 0.2) is 0 Å². The zero-order valence-corrected chi connectivity index (χ0v) is 11.9. The fraction of sp³-hybridized carbons (Fsp3) is 0.267. The minimum Gasteiger partial charge on any atom is -0.478 e. The molecule has 110 valence electrons. The van der Waals surface area contributed by atoms with Crippen molar-refractivity contribution in [2.24, 2.45) is 0 Å². The molecule has 2 rings (SSSR count). The van der Waals surface area contributed by atoms with Crippen molar-refractivity contribution < 1.29 is 14.6 Å². The molecule has 0 fully saturated rings. The maximum atomic E-state index is 12.2. The first-order chi connectivity index (χ1) is 10.0. The Hall–Kier alpha value is -2.63. The number of benzene rings is 1. The average Bonchev–Trinajstić information content (AvgIpc) is 2.45. The van der Waals surface area contributed by atoms with Crippen LogP contribution in [0.2, 0.25) is 0 Å². The number of rotatable bonds is 5. The summed E-state index contributed by atoms with van der Waals surface area (Å²) in [6.07, 6.45) is 3.90. The molecule has 0 aliphatic rings. The minimum absolute atomic E-state index is 0.0587. The van der Waals surface area contributed by atoms with E-state index in [2.05, 4.69) is 4.98 Å². The smallest absolute Gasteiger partial charge is 0.336 e. The van der Waals surface area contributed by atoms with Crippen LogP contribution in [0.3, 0.4) is 0 Å². The van der Waals surface area contributed by atoms with Crippen molar-refractivity contribution in [3.05, 3.63) is 52.1 Å². The largest absolute Gasteiger partial charge is 0.478 e. The second kappa shape index (κ2) is 6.21. The van der Waals surface area contributed by atoms with E-state index in [1.54, 1.807) is 25.3 Å². The van der Waals surface area contributed by atoms with Crippen molar-refractivity contribution in [2.75, 3.05) is 0 Å². The summed E-state index contributed by atoms with van der Waals surface area (Å²) in [6, 6.07) is 4.66. The molecule has 6 heteroatoms. The molecule has 0 aliphatic heterocycles. The SMILES string of the molecule is CCCn1ccnc(Oc2cccc(C(=O)O)c2C)c1=O. The maximum Gasteiger partial charge on any atom is 0.336 e. The van der Waals surface area contributed by atoms with Gasteiger partial charge in [-0.05, 0) is 25.5 Å². The Kier molecular flexibility index (Phi) is 4.37. The zero-order chi connectivity index (χ0) is 15.4. The fourth-order valence-corrected chi connectivity index (χ4v) is 1.98. The predicted molar refractivity (Wildman–Crippen MR) is 77.0 cm³/mol. The lowest BCUT2D eigenvalue weighted by Gasteiger charge is -2.10. The van der Waals surface area contributed by atoms with Gasteiger partial charge in [-0.15, -0.1) is 0 Å². The normalized spacial score (nSPS) is 10.4. The lowest BCUT2D eigenvalue weighted by atomic mass is 10.1. The van der Waals surface area contributed by atoms with Crippen molar-refractivity contribution in [3.63, 3.8) is 0 Å². The van der Waals surface area contributed by atoms with Crippen molar-refractivity contribution >= 4 is 5.97 Å². The summed E-state index contributed by atoms with van der Waals surface area (Å²) in [5.41, 5.74) is 0.258. The van der Waals surface area contributed by atoms with E-state index in [9.17, 15) is 9.59 Å². The molecule has 0 unspecified atom stereocenters. The molecule has 2 aromatic rings. The van der Waals surface area contributed by atoms with Crippen molar-refractivity contribution in [2.45, 2.75) is 26.8 Å². The minimum atomic E-state index is -1.04. The lowest BCUT2D eigenvalue weighted by Crippen LogP contribution is -2.21. The molecule has 0 bridgehead atoms. The first kappa shape index (κ1) is 14.8. The van der Waals surface area contributed by atoms with E-state index in [1.165, 1.54) is 16.8 Å². The number of ether oxygens (including phenoxy) is 1. The van der Waals surface area contributed by atoms with Gasteiger partial charge in [0.1, 0.15) is 5.75 Å². The number of carboxylic acids is 1. The molecule has 6 nitrogen and oxygen atoms in total. The Bertz CT molecular complexity index is 722. The third-order valence-corrected chi connectivity index (χ3v) is 3.07. The van der Waals surface area contributed by atoms with Gasteiger partial charge in [0.2, 0.25) is 0 Å². The molecule has 1 aromatic carbocycles. The number of aromatic carboxylic acids is 1. The first-order valence-corrected chi connectivity index (χ1v) is 6.60. The highest BCUT2D eigenvalue weighted by Gasteiger charge is 2.14. The van der Waals surface area contributed by atoms with Crippen LogP contribution in [0.5, 0.6) is 11.6 Å². The maximum absolute atomic E-state index is 12.2. The summed E-state index contributed by atoms with van der Waals surface area (Å²) in [5, 5.41) is 9.09. The Labute approximate surface area is 121 Å². The molecular formula is C15H16N2O4. The van der Waals surface area contributed by atoms with Crippen LogP contribution >= 0.6 is 0 Å². The van der Waals surface area contributed by atoms with Crippen LogP contribution in [0.15, 0.2) is 35.4 Å². The predicted octanol–water partition coefficient (Wildman–Crippen LogP) is 2.45. The van der Waals surface area contributed by atoms with Crippen LogP contribution in [0, 0.1) is 6.92 Å². The number of hydrogen-bond donors (Lipinski definition) is 1. The van der Waals surface area contributed by atoms with E-state index in [1.807, 2.05) is 6.92 Å². The van der Waals surface area contributed by atoms with Crippen LogP contribution in [0.4, 0.5) is 0 Å². The summed E-state index contributed by atoms with van der Waals surface area (Å²) in [5.74, 6) is -0.785. The summed E-state index contributed by atoms with van der Waals surface area (Å²) in [4.78, 5) is 27.2. The molecule has 0 saturated carbocycles. The molecule has 0 aliphatic carbocycles. The molecule has 0 atom stereocenters. The van der Waals surface area contributed by atoms with Crippen molar-refractivity contribution in [1.82, 2.24) is 9.55 Å². The molecular weight excluding hydrogens is 272 g/mol. The summed E-state index contributed by atoms with van der Waals surface area (Å²) in [6.45, 7) is 4.17. The van der Waals surface area contributed by atoms with Crippen LogP contribution in [0.1, 0.15) is 29.3 Å². The quantitative estimate of drug-likeness (QED) is 0.914. The Morgan fingerprint density at radius 1 is 1.43 bits per heavy atom. The van der Waals surface area contributed by atoms with Gasteiger partial charge < -0.3 is 14.4 Å². The summed E-state index contributed by atoms with van der Waals surface area (Å²) < 4.78 is 7.02. The van der Waals surface area contributed by atoms with Crippen LogP contribution in [-0.2, 0) is 6.54 Å². The Morgan fingerprint density at radius 2 is 2.19 bits per heavy atom. The van der Waals surface area contributed by atoms with Gasteiger partial charge in [-0.25, -0.2) is 9.78 Å². The molecule has 21 heavy (non-hydrogen) atoms. The zero-order valence-electron chi connectivity index (χ0n) is 11.9. The Balaban J connectivity index is 2.39. The van der Waals surface area contributed by atoms with Gasteiger partial charge in [0.05, 0.1) is 5.56 Å². The first-order valence-electron chi connectivity index (χ1n) is 6.60. The molecule has 0 spiro atoms. The molecule has 0 saturated heterocycles.